The van der Waals surface area contributed by atoms with Gasteiger partial charge in [-0.1, -0.05) is 19.3 Å². The molecule has 5 atom stereocenters. The zero-order chi connectivity index (χ0) is 15.4. The van der Waals surface area contributed by atoms with Crippen molar-refractivity contribution in [2.24, 2.45) is 0 Å². The van der Waals surface area contributed by atoms with Crippen molar-refractivity contribution in [1.29, 1.82) is 0 Å². The summed E-state index contributed by atoms with van der Waals surface area (Å²) < 4.78 is 11.4. The fourth-order valence-corrected chi connectivity index (χ4v) is 2.98. The van der Waals surface area contributed by atoms with Crippen LogP contribution in [0.3, 0.4) is 0 Å². The molecule has 7 nitrogen and oxygen atoms in total. The lowest BCUT2D eigenvalue weighted by Gasteiger charge is -2.43. The SMILES string of the molecule is CC(=O)N[C@@H]1[C@H](OC2CCCCC2)O[C@H](CO)[C@@H](O)[C@@H]1O. The molecule has 4 N–H and O–H groups in total. The minimum atomic E-state index is -1.27. The van der Waals surface area contributed by atoms with Crippen molar-refractivity contribution >= 4 is 5.91 Å². The first kappa shape index (κ1) is 16.6. The summed E-state index contributed by atoms with van der Waals surface area (Å²) in [5.41, 5.74) is 0. The molecule has 0 unspecified atom stereocenters. The summed E-state index contributed by atoms with van der Waals surface area (Å²) in [6, 6.07) is -0.845. The molecule has 0 aromatic carbocycles. The molecule has 0 radical (unpaired) electrons. The third kappa shape index (κ3) is 4.14. The summed E-state index contributed by atoms with van der Waals surface area (Å²) in [5.74, 6) is -0.338. The van der Waals surface area contributed by atoms with E-state index in [2.05, 4.69) is 5.32 Å². The van der Waals surface area contributed by atoms with Gasteiger partial charge in [-0.15, -0.1) is 0 Å². The van der Waals surface area contributed by atoms with Crippen LogP contribution >= 0.6 is 0 Å². The highest BCUT2D eigenvalue weighted by molar-refractivity contribution is 5.73. The van der Waals surface area contributed by atoms with E-state index < -0.39 is 37.3 Å². The van der Waals surface area contributed by atoms with Crippen LogP contribution in [0.25, 0.3) is 0 Å². The lowest BCUT2D eigenvalue weighted by molar-refractivity contribution is -0.283. The van der Waals surface area contributed by atoms with Crippen molar-refractivity contribution in [1.82, 2.24) is 5.32 Å². The maximum absolute atomic E-state index is 11.3. The van der Waals surface area contributed by atoms with Crippen molar-refractivity contribution in [2.45, 2.75) is 75.8 Å². The fraction of sp³-hybridized carbons (Fsp3) is 0.929. The van der Waals surface area contributed by atoms with Crippen molar-refractivity contribution < 1.29 is 29.6 Å². The number of aliphatic hydroxyl groups is 3. The second kappa shape index (κ2) is 7.51. The Kier molecular flexibility index (Phi) is 5.95. The molecular formula is C14H25NO6. The summed E-state index contributed by atoms with van der Waals surface area (Å²) in [4.78, 5) is 11.3. The first-order chi connectivity index (χ1) is 10.0. The Hall–Kier alpha value is -0.730. The Labute approximate surface area is 124 Å². The van der Waals surface area contributed by atoms with Gasteiger partial charge in [0.25, 0.3) is 0 Å². The van der Waals surface area contributed by atoms with Crippen molar-refractivity contribution in [3.63, 3.8) is 0 Å². The molecule has 2 fully saturated rings. The molecule has 122 valence electrons. The fourth-order valence-electron chi connectivity index (χ4n) is 2.98. The van der Waals surface area contributed by atoms with Crippen molar-refractivity contribution in [3.8, 4) is 0 Å². The zero-order valence-corrected chi connectivity index (χ0v) is 12.3. The minimum absolute atomic E-state index is 0.0155. The minimum Gasteiger partial charge on any atom is -0.394 e. The molecule has 0 aromatic heterocycles. The molecule has 1 amide bonds. The molecule has 1 aliphatic heterocycles. The van der Waals surface area contributed by atoms with E-state index in [1.54, 1.807) is 0 Å². The van der Waals surface area contributed by atoms with Crippen LogP contribution in [0.1, 0.15) is 39.0 Å². The van der Waals surface area contributed by atoms with Crippen LogP contribution in [0.5, 0.6) is 0 Å². The highest BCUT2D eigenvalue weighted by Crippen LogP contribution is 2.27. The predicted octanol–water partition coefficient (Wildman–Crippen LogP) is -0.721. The maximum atomic E-state index is 11.3. The number of amides is 1. The molecule has 1 aliphatic carbocycles. The quantitative estimate of drug-likeness (QED) is 0.546. The van der Waals surface area contributed by atoms with E-state index in [1.165, 1.54) is 13.3 Å². The second-order valence-electron chi connectivity index (χ2n) is 5.83. The van der Waals surface area contributed by atoms with Gasteiger partial charge in [0.2, 0.25) is 5.91 Å². The standard InChI is InChI=1S/C14H25NO6/c1-8(17)15-11-13(19)12(18)10(7-16)21-14(11)20-9-5-3-2-4-6-9/h9-14,16,18-19H,2-7H2,1H3,(H,15,17)/t10-,11+,12-,13-,14-/m1/s1. The first-order valence-corrected chi connectivity index (χ1v) is 7.58. The monoisotopic (exact) mass is 303 g/mol. The average Bonchev–Trinajstić information content (AvgIpc) is 2.47. The molecule has 7 heteroatoms. The number of aliphatic hydroxyl groups excluding tert-OH is 3. The van der Waals surface area contributed by atoms with Crippen molar-refractivity contribution in [2.75, 3.05) is 6.61 Å². The van der Waals surface area contributed by atoms with Crippen LogP contribution in [0.2, 0.25) is 0 Å². The van der Waals surface area contributed by atoms with E-state index in [-0.39, 0.29) is 12.0 Å². The number of nitrogens with one attached hydrogen (secondary N) is 1. The van der Waals surface area contributed by atoms with E-state index in [0.29, 0.717) is 0 Å². The average molecular weight is 303 g/mol. The Balaban J connectivity index is 2.06. The summed E-state index contributed by atoms with van der Waals surface area (Å²) in [5, 5.41) is 31.9. The smallest absolute Gasteiger partial charge is 0.217 e. The molecule has 2 aliphatic rings. The lowest BCUT2D eigenvalue weighted by atomic mass is 9.95. The van der Waals surface area contributed by atoms with Gasteiger partial charge in [-0.2, -0.15) is 0 Å². The Morgan fingerprint density at radius 1 is 1.24 bits per heavy atom. The van der Waals surface area contributed by atoms with Gasteiger partial charge >= 0.3 is 0 Å². The molecule has 2 rings (SSSR count). The van der Waals surface area contributed by atoms with Crippen molar-refractivity contribution in [3.05, 3.63) is 0 Å². The van der Waals surface area contributed by atoms with E-state index >= 15 is 0 Å². The number of ether oxygens (including phenoxy) is 2. The van der Waals surface area contributed by atoms with Crippen LogP contribution in [0.15, 0.2) is 0 Å². The van der Waals surface area contributed by atoms with Gasteiger partial charge in [-0.3, -0.25) is 4.79 Å². The van der Waals surface area contributed by atoms with E-state index in [4.69, 9.17) is 9.47 Å². The number of rotatable bonds is 4. The second-order valence-corrected chi connectivity index (χ2v) is 5.83. The third-order valence-corrected chi connectivity index (χ3v) is 4.13. The highest BCUT2D eigenvalue weighted by atomic mass is 16.7. The molecule has 21 heavy (non-hydrogen) atoms. The van der Waals surface area contributed by atoms with Gasteiger partial charge in [-0.05, 0) is 12.8 Å². The van der Waals surface area contributed by atoms with Crippen LogP contribution in [0.4, 0.5) is 0 Å². The Morgan fingerprint density at radius 3 is 2.48 bits per heavy atom. The molecule has 0 spiro atoms. The van der Waals surface area contributed by atoms with Gasteiger partial charge in [0.1, 0.15) is 24.4 Å². The third-order valence-electron chi connectivity index (χ3n) is 4.13. The topological polar surface area (TPSA) is 108 Å². The van der Waals surface area contributed by atoms with Crippen LogP contribution in [-0.2, 0) is 14.3 Å². The molecule has 1 saturated carbocycles. The highest BCUT2D eigenvalue weighted by Gasteiger charge is 2.46. The molecule has 0 bridgehead atoms. The predicted molar refractivity (Wildman–Crippen MR) is 73.3 cm³/mol. The molecule has 0 aromatic rings. The number of carbonyl (C=O) groups excluding carboxylic acids is 1. The first-order valence-electron chi connectivity index (χ1n) is 7.58. The Bertz CT molecular complexity index is 346. The van der Waals surface area contributed by atoms with E-state index in [0.717, 1.165) is 25.7 Å². The van der Waals surface area contributed by atoms with E-state index in [1.807, 2.05) is 0 Å². The van der Waals surface area contributed by atoms with Gasteiger partial charge < -0.3 is 30.1 Å². The van der Waals surface area contributed by atoms with Gasteiger partial charge in [0, 0.05) is 6.92 Å². The van der Waals surface area contributed by atoms with Crippen LogP contribution in [-0.4, -0.2) is 64.6 Å². The number of hydrogen-bond acceptors (Lipinski definition) is 6. The Morgan fingerprint density at radius 2 is 1.90 bits per heavy atom. The normalized spacial score (nSPS) is 38.2. The summed E-state index contributed by atoms with van der Waals surface area (Å²) in [6.07, 6.45) is 0.887. The van der Waals surface area contributed by atoms with E-state index in [9.17, 15) is 20.1 Å². The molecule has 1 heterocycles. The van der Waals surface area contributed by atoms with Gasteiger partial charge in [0.05, 0.1) is 12.7 Å². The number of hydrogen-bond donors (Lipinski definition) is 4. The maximum Gasteiger partial charge on any atom is 0.217 e. The number of carbonyl (C=O) groups is 1. The summed E-state index contributed by atoms with van der Waals surface area (Å²) in [7, 11) is 0. The van der Waals surface area contributed by atoms with Crippen LogP contribution in [0, 0.1) is 0 Å². The molecule has 1 saturated heterocycles. The molecular weight excluding hydrogens is 278 g/mol. The largest absolute Gasteiger partial charge is 0.394 e. The van der Waals surface area contributed by atoms with Gasteiger partial charge in [0.15, 0.2) is 6.29 Å². The zero-order valence-electron chi connectivity index (χ0n) is 12.3. The summed E-state index contributed by atoms with van der Waals surface area (Å²) >= 11 is 0. The van der Waals surface area contributed by atoms with Gasteiger partial charge in [-0.25, -0.2) is 0 Å². The van der Waals surface area contributed by atoms with Crippen LogP contribution < -0.4 is 5.32 Å². The summed E-state index contributed by atoms with van der Waals surface area (Å²) in [6.45, 7) is 0.907. The lowest BCUT2D eigenvalue weighted by Crippen LogP contribution is -2.65.